The summed E-state index contributed by atoms with van der Waals surface area (Å²) >= 11 is 0. The van der Waals surface area contributed by atoms with Crippen LogP contribution in [-0.2, 0) is 5.41 Å². The van der Waals surface area contributed by atoms with Crippen LogP contribution in [0, 0.1) is 0 Å². The van der Waals surface area contributed by atoms with E-state index in [0.717, 1.165) is 18.0 Å². The molecule has 0 aliphatic heterocycles. The molecule has 0 radical (unpaired) electrons. The number of para-hydroxylation sites is 1. The molecule has 0 saturated heterocycles. The van der Waals surface area contributed by atoms with Crippen molar-refractivity contribution in [3.8, 4) is 5.75 Å². The molecule has 20 heavy (non-hydrogen) atoms. The first-order chi connectivity index (χ1) is 9.55. The third-order valence-electron chi connectivity index (χ3n) is 3.17. The first-order valence-electron chi connectivity index (χ1n) is 7.08. The summed E-state index contributed by atoms with van der Waals surface area (Å²) in [5.74, 6) is 0.937. The Kier molecular flexibility index (Phi) is 4.67. The van der Waals surface area contributed by atoms with E-state index in [9.17, 15) is 0 Å². The zero-order valence-electron chi connectivity index (χ0n) is 12.5. The summed E-state index contributed by atoms with van der Waals surface area (Å²) in [6, 6.07) is 18.5. The summed E-state index contributed by atoms with van der Waals surface area (Å²) in [5, 5.41) is 3.33. The van der Waals surface area contributed by atoms with Crippen LogP contribution in [0.3, 0.4) is 0 Å². The molecule has 2 heteroatoms. The normalized spacial score (nSPS) is 11.2. The highest BCUT2D eigenvalue weighted by atomic mass is 16.5. The standard InChI is InChI=1S/C18H23NO/c1-18(2,3)15-8-7-11-17(14-15)20-13-12-19-16-9-5-4-6-10-16/h4-11,14,19H,12-13H2,1-3H3. The van der Waals surface area contributed by atoms with Crippen LogP contribution in [0.5, 0.6) is 5.75 Å². The lowest BCUT2D eigenvalue weighted by atomic mass is 9.87. The molecule has 0 amide bonds. The second-order valence-corrected chi connectivity index (χ2v) is 5.92. The summed E-state index contributed by atoms with van der Waals surface area (Å²) in [5.41, 5.74) is 2.58. The Balaban J connectivity index is 1.83. The van der Waals surface area contributed by atoms with Gasteiger partial charge in [0.05, 0.1) is 0 Å². The highest BCUT2D eigenvalue weighted by Gasteiger charge is 2.13. The maximum atomic E-state index is 5.80. The van der Waals surface area contributed by atoms with E-state index >= 15 is 0 Å². The number of ether oxygens (including phenoxy) is 1. The Hall–Kier alpha value is -1.96. The quantitative estimate of drug-likeness (QED) is 0.808. The summed E-state index contributed by atoms with van der Waals surface area (Å²) in [6.07, 6.45) is 0. The van der Waals surface area contributed by atoms with Crippen molar-refractivity contribution in [2.24, 2.45) is 0 Å². The number of rotatable bonds is 5. The van der Waals surface area contributed by atoms with Crippen LogP contribution in [0.4, 0.5) is 5.69 Å². The molecule has 1 N–H and O–H groups in total. The Labute approximate surface area is 121 Å². The number of hydrogen-bond donors (Lipinski definition) is 1. The number of anilines is 1. The molecule has 0 heterocycles. The summed E-state index contributed by atoms with van der Waals surface area (Å²) in [4.78, 5) is 0. The topological polar surface area (TPSA) is 21.3 Å². The maximum absolute atomic E-state index is 5.80. The number of benzene rings is 2. The lowest BCUT2D eigenvalue weighted by Gasteiger charge is -2.19. The van der Waals surface area contributed by atoms with Gasteiger partial charge < -0.3 is 10.1 Å². The van der Waals surface area contributed by atoms with E-state index in [1.54, 1.807) is 0 Å². The van der Waals surface area contributed by atoms with E-state index in [1.807, 2.05) is 24.3 Å². The van der Waals surface area contributed by atoms with E-state index < -0.39 is 0 Å². The van der Waals surface area contributed by atoms with Crippen molar-refractivity contribution in [3.63, 3.8) is 0 Å². The van der Waals surface area contributed by atoms with E-state index in [0.29, 0.717) is 6.61 Å². The minimum atomic E-state index is 0.154. The van der Waals surface area contributed by atoms with Crippen LogP contribution in [0.15, 0.2) is 54.6 Å². The van der Waals surface area contributed by atoms with Crippen LogP contribution in [-0.4, -0.2) is 13.2 Å². The summed E-state index contributed by atoms with van der Waals surface area (Å²) in [7, 11) is 0. The van der Waals surface area contributed by atoms with Crippen molar-refractivity contribution in [3.05, 3.63) is 60.2 Å². The molecule has 0 spiro atoms. The number of hydrogen-bond acceptors (Lipinski definition) is 2. The van der Waals surface area contributed by atoms with Crippen LogP contribution in [0.2, 0.25) is 0 Å². The highest BCUT2D eigenvalue weighted by Crippen LogP contribution is 2.25. The fourth-order valence-corrected chi connectivity index (χ4v) is 1.97. The second-order valence-electron chi connectivity index (χ2n) is 5.92. The molecule has 0 saturated carbocycles. The van der Waals surface area contributed by atoms with Gasteiger partial charge in [0.2, 0.25) is 0 Å². The molecular formula is C18H23NO. The average molecular weight is 269 g/mol. The van der Waals surface area contributed by atoms with Gasteiger partial charge in [-0.25, -0.2) is 0 Å². The molecule has 0 aromatic heterocycles. The molecular weight excluding hydrogens is 246 g/mol. The van der Waals surface area contributed by atoms with Crippen LogP contribution >= 0.6 is 0 Å². The molecule has 0 atom stereocenters. The third kappa shape index (κ3) is 4.30. The Morgan fingerprint density at radius 1 is 0.950 bits per heavy atom. The van der Waals surface area contributed by atoms with Gasteiger partial charge in [0, 0.05) is 12.2 Å². The predicted octanol–water partition coefficient (Wildman–Crippen LogP) is 4.48. The highest BCUT2D eigenvalue weighted by molar-refractivity contribution is 5.42. The Morgan fingerprint density at radius 3 is 2.40 bits per heavy atom. The molecule has 0 aliphatic rings. The SMILES string of the molecule is CC(C)(C)c1cccc(OCCNc2ccccc2)c1. The fraction of sp³-hybridized carbons (Fsp3) is 0.333. The smallest absolute Gasteiger partial charge is 0.119 e. The second kappa shape index (κ2) is 6.47. The number of nitrogens with one attached hydrogen (secondary N) is 1. The van der Waals surface area contributed by atoms with Gasteiger partial charge in [0.1, 0.15) is 12.4 Å². The molecule has 0 aliphatic carbocycles. The summed E-state index contributed by atoms with van der Waals surface area (Å²) in [6.45, 7) is 8.08. The molecule has 2 aromatic carbocycles. The van der Waals surface area contributed by atoms with Crippen LogP contribution in [0.25, 0.3) is 0 Å². The average Bonchev–Trinajstić information content (AvgIpc) is 2.44. The Morgan fingerprint density at radius 2 is 1.70 bits per heavy atom. The first kappa shape index (κ1) is 14.4. The molecule has 0 bridgehead atoms. The molecule has 2 rings (SSSR count). The zero-order valence-corrected chi connectivity index (χ0v) is 12.5. The molecule has 2 nitrogen and oxygen atoms in total. The predicted molar refractivity (Wildman–Crippen MR) is 85.6 cm³/mol. The van der Waals surface area contributed by atoms with Crippen molar-refractivity contribution >= 4 is 5.69 Å². The zero-order chi connectivity index (χ0) is 14.4. The fourth-order valence-electron chi connectivity index (χ4n) is 1.97. The van der Waals surface area contributed by atoms with Crippen molar-refractivity contribution in [2.45, 2.75) is 26.2 Å². The van der Waals surface area contributed by atoms with Gasteiger partial charge in [-0.15, -0.1) is 0 Å². The van der Waals surface area contributed by atoms with Crippen molar-refractivity contribution < 1.29 is 4.74 Å². The van der Waals surface area contributed by atoms with Gasteiger partial charge >= 0.3 is 0 Å². The van der Waals surface area contributed by atoms with Gasteiger partial charge in [-0.3, -0.25) is 0 Å². The maximum Gasteiger partial charge on any atom is 0.119 e. The lowest BCUT2D eigenvalue weighted by Crippen LogP contribution is -2.13. The lowest BCUT2D eigenvalue weighted by molar-refractivity contribution is 0.332. The first-order valence-corrected chi connectivity index (χ1v) is 7.08. The van der Waals surface area contributed by atoms with E-state index in [2.05, 4.69) is 56.4 Å². The van der Waals surface area contributed by atoms with Crippen LogP contribution in [0.1, 0.15) is 26.3 Å². The van der Waals surface area contributed by atoms with Gasteiger partial charge in [-0.2, -0.15) is 0 Å². The van der Waals surface area contributed by atoms with Gasteiger partial charge in [0.25, 0.3) is 0 Å². The minimum absolute atomic E-state index is 0.154. The van der Waals surface area contributed by atoms with Gasteiger partial charge in [-0.1, -0.05) is 51.1 Å². The van der Waals surface area contributed by atoms with E-state index in [-0.39, 0.29) is 5.41 Å². The van der Waals surface area contributed by atoms with Crippen molar-refractivity contribution in [1.82, 2.24) is 0 Å². The van der Waals surface area contributed by atoms with E-state index in [1.165, 1.54) is 5.56 Å². The minimum Gasteiger partial charge on any atom is -0.492 e. The monoisotopic (exact) mass is 269 g/mol. The largest absolute Gasteiger partial charge is 0.492 e. The van der Waals surface area contributed by atoms with E-state index in [4.69, 9.17) is 4.74 Å². The van der Waals surface area contributed by atoms with Gasteiger partial charge in [0.15, 0.2) is 0 Å². The van der Waals surface area contributed by atoms with Gasteiger partial charge in [-0.05, 0) is 35.2 Å². The molecule has 106 valence electrons. The van der Waals surface area contributed by atoms with Crippen molar-refractivity contribution in [2.75, 3.05) is 18.5 Å². The summed E-state index contributed by atoms with van der Waals surface area (Å²) < 4.78 is 5.80. The third-order valence-corrected chi connectivity index (χ3v) is 3.17. The molecule has 2 aromatic rings. The van der Waals surface area contributed by atoms with Crippen LogP contribution < -0.4 is 10.1 Å². The molecule has 0 fully saturated rings. The molecule has 0 unspecified atom stereocenters. The van der Waals surface area contributed by atoms with Crippen molar-refractivity contribution in [1.29, 1.82) is 0 Å². The Bertz CT molecular complexity index is 529.